The van der Waals surface area contributed by atoms with E-state index in [9.17, 15) is 0 Å². The maximum Gasteiger partial charge on any atom is 0.161 e. The summed E-state index contributed by atoms with van der Waals surface area (Å²) in [6.07, 6.45) is 3.79. The zero-order valence-corrected chi connectivity index (χ0v) is 13.4. The van der Waals surface area contributed by atoms with E-state index in [2.05, 4.69) is 53.2 Å². The number of rotatable bonds is 7. The van der Waals surface area contributed by atoms with Gasteiger partial charge in [0.05, 0.1) is 25.0 Å². The molecule has 1 atom stereocenters. The summed E-state index contributed by atoms with van der Waals surface area (Å²) in [6.45, 7) is 5.22. The normalized spacial score (nSPS) is 12.4. The predicted octanol–water partition coefficient (Wildman–Crippen LogP) is 3.11. The molecule has 0 saturated heterocycles. The number of benzene rings is 1. The third kappa shape index (κ3) is 3.45. The first-order valence-corrected chi connectivity index (χ1v) is 7.52. The maximum absolute atomic E-state index is 5.50. The van der Waals surface area contributed by atoms with E-state index in [1.807, 2.05) is 13.2 Å². The minimum absolute atomic E-state index is 0.190. The summed E-state index contributed by atoms with van der Waals surface area (Å²) in [5.74, 6) is 0.858. The van der Waals surface area contributed by atoms with Gasteiger partial charge >= 0.3 is 0 Å². The molecule has 0 aliphatic rings. The van der Waals surface area contributed by atoms with Gasteiger partial charge in [0.2, 0.25) is 0 Å². The van der Waals surface area contributed by atoms with Gasteiger partial charge < -0.3 is 10.1 Å². The lowest BCUT2D eigenvalue weighted by molar-refractivity contribution is 0.393. The van der Waals surface area contributed by atoms with Gasteiger partial charge in [-0.2, -0.15) is 5.10 Å². The molecule has 0 radical (unpaired) electrons. The summed E-state index contributed by atoms with van der Waals surface area (Å²) in [4.78, 5) is 0. The molecule has 0 amide bonds. The first kappa shape index (κ1) is 15.6. The van der Waals surface area contributed by atoms with Crippen LogP contribution in [0.2, 0.25) is 0 Å². The molecule has 1 aromatic carbocycles. The molecule has 0 aliphatic carbocycles. The van der Waals surface area contributed by atoms with Gasteiger partial charge in [-0.05, 0) is 37.9 Å². The summed E-state index contributed by atoms with van der Waals surface area (Å²) in [6, 6.07) is 8.70. The number of hydrogen-bond donors (Lipinski definition) is 1. The van der Waals surface area contributed by atoms with Crippen LogP contribution in [0.3, 0.4) is 0 Å². The molecule has 2 rings (SSSR count). The summed E-state index contributed by atoms with van der Waals surface area (Å²) in [7, 11) is 3.70. The van der Waals surface area contributed by atoms with Crippen LogP contribution in [0.15, 0.2) is 30.5 Å². The van der Waals surface area contributed by atoms with E-state index >= 15 is 0 Å². The maximum atomic E-state index is 5.50. The molecule has 4 nitrogen and oxygen atoms in total. The number of hydrogen-bond acceptors (Lipinski definition) is 3. The van der Waals surface area contributed by atoms with E-state index in [1.54, 1.807) is 7.11 Å². The monoisotopic (exact) mass is 287 g/mol. The molecular formula is C17H25N3O. The van der Waals surface area contributed by atoms with Crippen LogP contribution in [0.25, 0.3) is 0 Å². The first-order valence-electron chi connectivity index (χ1n) is 7.52. The minimum atomic E-state index is 0.190. The second-order valence-electron chi connectivity index (χ2n) is 5.29. The minimum Gasteiger partial charge on any atom is -0.493 e. The van der Waals surface area contributed by atoms with Crippen LogP contribution >= 0.6 is 0 Å². The van der Waals surface area contributed by atoms with Crippen LogP contribution in [0.1, 0.15) is 36.2 Å². The molecule has 1 N–H and O–H groups in total. The second kappa shape index (κ2) is 7.27. The predicted molar refractivity (Wildman–Crippen MR) is 85.8 cm³/mol. The average Bonchev–Trinajstić information content (AvgIpc) is 2.90. The highest BCUT2D eigenvalue weighted by atomic mass is 16.5. The van der Waals surface area contributed by atoms with Gasteiger partial charge in [0.1, 0.15) is 0 Å². The molecule has 0 bridgehead atoms. The van der Waals surface area contributed by atoms with Crippen LogP contribution < -0.4 is 10.1 Å². The lowest BCUT2D eigenvalue weighted by atomic mass is 9.99. The highest BCUT2D eigenvalue weighted by Gasteiger charge is 2.21. The second-order valence-corrected chi connectivity index (χ2v) is 5.29. The topological polar surface area (TPSA) is 39.1 Å². The molecule has 0 spiro atoms. The van der Waals surface area contributed by atoms with E-state index in [0.717, 1.165) is 30.8 Å². The smallest absolute Gasteiger partial charge is 0.161 e. The molecule has 2 aromatic rings. The van der Waals surface area contributed by atoms with Crippen molar-refractivity contribution in [2.45, 2.75) is 39.3 Å². The molecule has 114 valence electrons. The highest BCUT2D eigenvalue weighted by molar-refractivity contribution is 5.32. The summed E-state index contributed by atoms with van der Waals surface area (Å²) in [5.41, 5.74) is 3.80. The van der Waals surface area contributed by atoms with Crippen LogP contribution in [-0.2, 0) is 13.0 Å². The lowest BCUT2D eigenvalue weighted by Crippen LogP contribution is -2.23. The van der Waals surface area contributed by atoms with Gasteiger partial charge in [0, 0.05) is 6.54 Å². The Hall–Kier alpha value is -1.81. The fourth-order valence-corrected chi connectivity index (χ4v) is 2.67. The molecule has 1 heterocycles. The van der Waals surface area contributed by atoms with Gasteiger partial charge in [-0.25, -0.2) is 0 Å². The number of aromatic nitrogens is 2. The van der Waals surface area contributed by atoms with Gasteiger partial charge in [-0.1, -0.05) is 31.2 Å². The standard InChI is InChI=1S/C17H25N3O/c1-5-10-20-17(16(21-4)12-19-20)15(18-3)11-14-9-7-6-8-13(14)2/h6-9,12,15,18H,5,10-11H2,1-4H3. The van der Waals surface area contributed by atoms with Gasteiger partial charge in [-0.3, -0.25) is 4.68 Å². The Balaban J connectivity index is 2.32. The van der Waals surface area contributed by atoms with E-state index in [4.69, 9.17) is 4.74 Å². The third-order valence-electron chi connectivity index (χ3n) is 3.86. The average molecular weight is 287 g/mol. The number of ether oxygens (including phenoxy) is 1. The summed E-state index contributed by atoms with van der Waals surface area (Å²) < 4.78 is 7.55. The number of nitrogens with zero attached hydrogens (tertiary/aromatic N) is 2. The molecule has 0 saturated carbocycles. The van der Waals surface area contributed by atoms with Crippen molar-refractivity contribution in [1.29, 1.82) is 0 Å². The van der Waals surface area contributed by atoms with Crippen molar-refractivity contribution < 1.29 is 4.74 Å². The van der Waals surface area contributed by atoms with Crippen molar-refractivity contribution in [3.8, 4) is 5.75 Å². The summed E-state index contributed by atoms with van der Waals surface area (Å²) >= 11 is 0. The van der Waals surface area contributed by atoms with E-state index in [-0.39, 0.29) is 6.04 Å². The Morgan fingerprint density at radius 2 is 2.10 bits per heavy atom. The van der Waals surface area contributed by atoms with E-state index < -0.39 is 0 Å². The van der Waals surface area contributed by atoms with Crippen molar-refractivity contribution >= 4 is 0 Å². The zero-order valence-electron chi connectivity index (χ0n) is 13.4. The molecule has 0 fully saturated rings. The van der Waals surface area contributed by atoms with Crippen molar-refractivity contribution in [2.24, 2.45) is 0 Å². The quantitative estimate of drug-likeness (QED) is 0.850. The molecular weight excluding hydrogens is 262 g/mol. The zero-order chi connectivity index (χ0) is 15.2. The first-order chi connectivity index (χ1) is 10.2. The fourth-order valence-electron chi connectivity index (χ4n) is 2.67. The number of nitrogens with one attached hydrogen (secondary N) is 1. The molecule has 0 aliphatic heterocycles. The van der Waals surface area contributed by atoms with Crippen LogP contribution in [0, 0.1) is 6.92 Å². The third-order valence-corrected chi connectivity index (χ3v) is 3.86. The Kier molecular flexibility index (Phi) is 5.39. The van der Waals surface area contributed by atoms with Gasteiger partial charge in [0.25, 0.3) is 0 Å². The Morgan fingerprint density at radius 1 is 1.33 bits per heavy atom. The van der Waals surface area contributed by atoms with Crippen molar-refractivity contribution in [3.05, 3.63) is 47.3 Å². The Labute approximate surface area is 127 Å². The van der Waals surface area contributed by atoms with E-state index in [1.165, 1.54) is 11.1 Å². The van der Waals surface area contributed by atoms with Crippen LogP contribution in [-0.4, -0.2) is 23.9 Å². The lowest BCUT2D eigenvalue weighted by Gasteiger charge is -2.20. The number of likely N-dealkylation sites (N-methyl/N-ethyl adjacent to an activating group) is 1. The Bertz CT molecular complexity index is 577. The number of methoxy groups -OCH3 is 1. The molecule has 1 unspecified atom stereocenters. The Morgan fingerprint density at radius 3 is 2.71 bits per heavy atom. The van der Waals surface area contributed by atoms with E-state index in [0.29, 0.717) is 0 Å². The SMILES string of the molecule is CCCn1ncc(OC)c1C(Cc1ccccc1C)NC. The van der Waals surface area contributed by atoms with Crippen molar-refractivity contribution in [3.63, 3.8) is 0 Å². The molecule has 21 heavy (non-hydrogen) atoms. The van der Waals surface area contributed by atoms with Crippen molar-refractivity contribution in [1.82, 2.24) is 15.1 Å². The highest BCUT2D eigenvalue weighted by Crippen LogP contribution is 2.28. The summed E-state index contributed by atoms with van der Waals surface area (Å²) in [5, 5.41) is 7.87. The largest absolute Gasteiger partial charge is 0.493 e. The van der Waals surface area contributed by atoms with Crippen LogP contribution in [0.4, 0.5) is 0 Å². The van der Waals surface area contributed by atoms with Gasteiger partial charge in [-0.15, -0.1) is 0 Å². The molecule has 4 heteroatoms. The van der Waals surface area contributed by atoms with Gasteiger partial charge in [0.15, 0.2) is 5.75 Å². The van der Waals surface area contributed by atoms with Crippen molar-refractivity contribution in [2.75, 3.05) is 14.2 Å². The number of aryl methyl sites for hydroxylation is 2. The molecule has 1 aromatic heterocycles. The van der Waals surface area contributed by atoms with Crippen LogP contribution in [0.5, 0.6) is 5.75 Å². The fraction of sp³-hybridized carbons (Fsp3) is 0.471.